The van der Waals surface area contributed by atoms with Crippen molar-refractivity contribution in [2.24, 2.45) is 0 Å². The van der Waals surface area contributed by atoms with E-state index in [4.69, 9.17) is 16.3 Å². The number of aromatic nitrogens is 2. The SMILES string of the molecule is CCOc1cc2ncnc(Nc3ccc(F)c(Cl)c3)c2cc1CC(=O)CCC=O. The molecule has 150 valence electrons. The van der Waals surface area contributed by atoms with Gasteiger partial charge in [0.25, 0.3) is 0 Å². The van der Waals surface area contributed by atoms with Crippen LogP contribution >= 0.6 is 11.6 Å². The van der Waals surface area contributed by atoms with Gasteiger partial charge in [-0.1, -0.05) is 11.6 Å². The molecule has 1 heterocycles. The number of ketones is 1. The van der Waals surface area contributed by atoms with Crippen molar-refractivity contribution in [1.82, 2.24) is 9.97 Å². The molecular weight excluding hydrogens is 397 g/mol. The standard InChI is InChI=1S/C21H19ClFN3O3/c1-2-29-20-11-19-16(9-13(20)8-15(28)4-3-7-27)21(25-12-24-19)26-14-5-6-18(23)17(22)10-14/h5-7,9-12H,2-4,8H2,1H3,(H,24,25,26). The molecule has 0 aliphatic rings. The lowest BCUT2D eigenvalue weighted by Crippen LogP contribution is -2.06. The minimum atomic E-state index is -0.512. The molecule has 0 fully saturated rings. The van der Waals surface area contributed by atoms with Crippen LogP contribution in [0.1, 0.15) is 25.3 Å². The summed E-state index contributed by atoms with van der Waals surface area (Å²) < 4.78 is 19.1. The Hall–Kier alpha value is -3.06. The first-order valence-corrected chi connectivity index (χ1v) is 9.47. The predicted octanol–water partition coefficient (Wildman–Crippen LogP) is 4.66. The largest absolute Gasteiger partial charge is 0.494 e. The van der Waals surface area contributed by atoms with Gasteiger partial charge >= 0.3 is 0 Å². The van der Waals surface area contributed by atoms with E-state index in [-0.39, 0.29) is 30.1 Å². The number of nitrogens with one attached hydrogen (secondary N) is 1. The first-order valence-electron chi connectivity index (χ1n) is 9.09. The van der Waals surface area contributed by atoms with E-state index in [1.54, 1.807) is 18.2 Å². The molecule has 1 aromatic heterocycles. The normalized spacial score (nSPS) is 10.7. The smallest absolute Gasteiger partial charge is 0.141 e. The fourth-order valence-electron chi connectivity index (χ4n) is 2.89. The third-order valence-corrected chi connectivity index (χ3v) is 4.52. The summed E-state index contributed by atoms with van der Waals surface area (Å²) in [6.07, 6.45) is 2.64. The van der Waals surface area contributed by atoms with Crippen LogP contribution in [-0.2, 0) is 16.0 Å². The highest BCUT2D eigenvalue weighted by molar-refractivity contribution is 6.31. The van der Waals surface area contributed by atoms with Crippen molar-refractivity contribution < 1.29 is 18.7 Å². The molecule has 0 saturated heterocycles. The molecule has 6 nitrogen and oxygen atoms in total. The molecule has 2 aromatic carbocycles. The number of aldehydes is 1. The topological polar surface area (TPSA) is 81.2 Å². The Morgan fingerprint density at radius 1 is 1.28 bits per heavy atom. The molecule has 0 bridgehead atoms. The number of carbonyl (C=O) groups excluding carboxylic acids is 2. The van der Waals surface area contributed by atoms with Crippen LogP contribution in [0.3, 0.4) is 0 Å². The number of hydrogen-bond acceptors (Lipinski definition) is 6. The summed E-state index contributed by atoms with van der Waals surface area (Å²) in [5, 5.41) is 3.78. The van der Waals surface area contributed by atoms with Crippen molar-refractivity contribution in [3.8, 4) is 5.75 Å². The Bertz CT molecular complexity index is 1060. The number of carbonyl (C=O) groups is 2. The lowest BCUT2D eigenvalue weighted by atomic mass is 10.0. The summed E-state index contributed by atoms with van der Waals surface area (Å²) >= 11 is 5.85. The van der Waals surface area contributed by atoms with E-state index < -0.39 is 5.82 Å². The molecular formula is C21H19ClFN3O3. The summed E-state index contributed by atoms with van der Waals surface area (Å²) in [5.41, 5.74) is 1.88. The molecule has 0 atom stereocenters. The van der Waals surface area contributed by atoms with E-state index in [9.17, 15) is 14.0 Å². The molecule has 0 aliphatic heterocycles. The highest BCUT2D eigenvalue weighted by Gasteiger charge is 2.14. The van der Waals surface area contributed by atoms with E-state index in [0.29, 0.717) is 40.3 Å². The molecule has 8 heteroatoms. The lowest BCUT2D eigenvalue weighted by Gasteiger charge is -2.14. The van der Waals surface area contributed by atoms with Crippen molar-refractivity contribution in [1.29, 1.82) is 0 Å². The molecule has 0 amide bonds. The van der Waals surface area contributed by atoms with Gasteiger partial charge in [0.1, 0.15) is 35.8 Å². The van der Waals surface area contributed by atoms with E-state index in [0.717, 1.165) is 6.29 Å². The van der Waals surface area contributed by atoms with E-state index in [1.807, 2.05) is 6.92 Å². The summed E-state index contributed by atoms with van der Waals surface area (Å²) in [5.74, 6) is 0.479. The van der Waals surface area contributed by atoms with Gasteiger partial charge in [0.15, 0.2) is 0 Å². The molecule has 0 unspecified atom stereocenters. The number of rotatable bonds is 9. The number of anilines is 2. The lowest BCUT2D eigenvalue weighted by molar-refractivity contribution is -0.120. The summed E-state index contributed by atoms with van der Waals surface area (Å²) in [7, 11) is 0. The van der Waals surface area contributed by atoms with Crippen molar-refractivity contribution in [2.45, 2.75) is 26.2 Å². The van der Waals surface area contributed by atoms with Crippen LogP contribution in [0.15, 0.2) is 36.7 Å². The van der Waals surface area contributed by atoms with Gasteiger partial charge in [-0.15, -0.1) is 0 Å². The first-order chi connectivity index (χ1) is 14.0. The van der Waals surface area contributed by atoms with Gasteiger partial charge in [0, 0.05) is 42.0 Å². The molecule has 0 saturated carbocycles. The third kappa shape index (κ3) is 5.06. The highest BCUT2D eigenvalue weighted by atomic mass is 35.5. The van der Waals surface area contributed by atoms with Crippen LogP contribution in [0.2, 0.25) is 5.02 Å². The molecule has 3 rings (SSSR count). The summed E-state index contributed by atoms with van der Waals surface area (Å²) in [6, 6.07) is 7.83. The highest BCUT2D eigenvalue weighted by Crippen LogP contribution is 2.31. The Labute approximate surface area is 172 Å². The average molecular weight is 416 g/mol. The number of benzene rings is 2. The van der Waals surface area contributed by atoms with Crippen molar-refractivity contribution >= 4 is 46.1 Å². The average Bonchev–Trinajstić information content (AvgIpc) is 2.70. The molecule has 3 aromatic rings. The van der Waals surface area contributed by atoms with Crippen LogP contribution in [-0.4, -0.2) is 28.6 Å². The second-order valence-electron chi connectivity index (χ2n) is 6.31. The maximum absolute atomic E-state index is 13.4. The fourth-order valence-corrected chi connectivity index (χ4v) is 3.07. The van der Waals surface area contributed by atoms with Gasteiger partial charge in [-0.3, -0.25) is 4.79 Å². The van der Waals surface area contributed by atoms with Crippen LogP contribution in [0.25, 0.3) is 10.9 Å². The number of ether oxygens (including phenoxy) is 1. The zero-order valence-corrected chi connectivity index (χ0v) is 16.5. The van der Waals surface area contributed by atoms with Crippen molar-refractivity contribution in [3.05, 3.63) is 53.1 Å². The fraction of sp³-hybridized carbons (Fsp3) is 0.238. The maximum Gasteiger partial charge on any atom is 0.141 e. The van der Waals surface area contributed by atoms with Gasteiger partial charge in [-0.05, 0) is 31.2 Å². The van der Waals surface area contributed by atoms with Crippen LogP contribution in [0, 0.1) is 5.82 Å². The molecule has 0 aliphatic carbocycles. The number of nitrogens with zero attached hydrogens (tertiary/aromatic N) is 2. The number of Topliss-reactive ketones (excluding diaryl/α,β-unsaturated/α-hetero) is 1. The summed E-state index contributed by atoms with van der Waals surface area (Å²) in [4.78, 5) is 31.3. The quantitative estimate of drug-likeness (QED) is 0.512. The zero-order valence-electron chi connectivity index (χ0n) is 15.7. The minimum absolute atomic E-state index is 0.00606. The maximum atomic E-state index is 13.4. The van der Waals surface area contributed by atoms with Gasteiger partial charge in [0.05, 0.1) is 17.1 Å². The number of fused-ring (bicyclic) bond motifs is 1. The van der Waals surface area contributed by atoms with Crippen LogP contribution < -0.4 is 10.1 Å². The first kappa shape index (κ1) is 20.7. The van der Waals surface area contributed by atoms with Crippen molar-refractivity contribution in [2.75, 3.05) is 11.9 Å². The van der Waals surface area contributed by atoms with Gasteiger partial charge in [-0.25, -0.2) is 14.4 Å². The Kier molecular flexibility index (Phi) is 6.72. The van der Waals surface area contributed by atoms with Crippen LogP contribution in [0.5, 0.6) is 5.75 Å². The Morgan fingerprint density at radius 3 is 2.83 bits per heavy atom. The van der Waals surface area contributed by atoms with Crippen molar-refractivity contribution in [3.63, 3.8) is 0 Å². The number of hydrogen-bond donors (Lipinski definition) is 1. The van der Waals surface area contributed by atoms with Crippen LogP contribution in [0.4, 0.5) is 15.9 Å². The minimum Gasteiger partial charge on any atom is -0.494 e. The van der Waals surface area contributed by atoms with Gasteiger partial charge in [0.2, 0.25) is 0 Å². The predicted molar refractivity (Wildman–Crippen MR) is 109 cm³/mol. The zero-order chi connectivity index (χ0) is 20.8. The van der Waals surface area contributed by atoms with E-state index >= 15 is 0 Å². The van der Waals surface area contributed by atoms with Gasteiger partial charge < -0.3 is 14.8 Å². The van der Waals surface area contributed by atoms with E-state index in [1.165, 1.54) is 18.5 Å². The monoisotopic (exact) mass is 415 g/mol. The van der Waals surface area contributed by atoms with E-state index in [2.05, 4.69) is 15.3 Å². The Morgan fingerprint density at radius 2 is 2.10 bits per heavy atom. The third-order valence-electron chi connectivity index (χ3n) is 4.23. The second-order valence-corrected chi connectivity index (χ2v) is 6.71. The van der Waals surface area contributed by atoms with Gasteiger partial charge in [-0.2, -0.15) is 0 Å². The number of halogens is 2. The molecule has 1 N–H and O–H groups in total. The molecule has 29 heavy (non-hydrogen) atoms. The Balaban J connectivity index is 2.00. The second kappa shape index (κ2) is 9.43. The summed E-state index contributed by atoms with van der Waals surface area (Å²) in [6.45, 7) is 2.29. The molecule has 0 spiro atoms. The molecule has 0 radical (unpaired) electrons.